The molecule has 0 amide bonds. The van der Waals surface area contributed by atoms with E-state index in [1.54, 1.807) is 0 Å². The second-order valence-electron chi connectivity index (χ2n) is 12.3. The van der Waals surface area contributed by atoms with Gasteiger partial charge >= 0.3 is 5.91 Å². The van der Waals surface area contributed by atoms with Crippen LogP contribution in [0.1, 0.15) is 108 Å². The highest BCUT2D eigenvalue weighted by Crippen LogP contribution is 2.57. The Hall–Kier alpha value is -0.160. The summed E-state index contributed by atoms with van der Waals surface area (Å²) in [5.74, 6) is -0.0117. The Morgan fingerprint density at radius 3 is 1.77 bits per heavy atom. The van der Waals surface area contributed by atoms with E-state index in [0.717, 1.165) is 8.97 Å². The van der Waals surface area contributed by atoms with Gasteiger partial charge in [-0.15, -0.1) is 0 Å². The van der Waals surface area contributed by atoms with E-state index >= 15 is 0 Å². The summed E-state index contributed by atoms with van der Waals surface area (Å²) >= 11 is 0. The van der Waals surface area contributed by atoms with Gasteiger partial charge in [-0.25, -0.2) is 8.97 Å². The molecule has 0 N–H and O–H groups in total. The van der Waals surface area contributed by atoms with Crippen molar-refractivity contribution in [3.8, 4) is 0 Å². The molecule has 0 aromatic carbocycles. The van der Waals surface area contributed by atoms with Gasteiger partial charge in [0.15, 0.2) is 0 Å². The second-order valence-corrected chi connectivity index (χ2v) is 12.3. The molecular weight excluding hydrogens is 380 g/mol. The third-order valence-corrected chi connectivity index (χ3v) is 9.98. The van der Waals surface area contributed by atoms with Crippen LogP contribution in [0.25, 0.3) is 0 Å². The number of nitrogens with zero attached hydrogens (tertiary/aromatic N) is 4. The van der Waals surface area contributed by atoms with Gasteiger partial charge in [-0.1, -0.05) is 40.5 Å². The Balaban J connectivity index is 2.96. The number of hydrogen-bond acceptors (Lipinski definition) is 2. The lowest BCUT2D eigenvalue weighted by Gasteiger charge is -2.61. The fourth-order valence-electron chi connectivity index (χ4n) is 7.42. The Labute approximate surface area is 196 Å². The van der Waals surface area contributed by atoms with Crippen LogP contribution in [-0.2, 0) is 0 Å². The molecule has 2 fully saturated rings. The topological polar surface area (TPSA) is 6.48 Å². The lowest BCUT2D eigenvalue weighted by Crippen LogP contribution is -2.85. The van der Waals surface area contributed by atoms with Crippen molar-refractivity contribution in [1.29, 1.82) is 0 Å². The maximum absolute atomic E-state index is 3.09. The summed E-state index contributed by atoms with van der Waals surface area (Å²) in [5, 5.41) is 0. The van der Waals surface area contributed by atoms with Gasteiger partial charge < -0.3 is 0 Å². The zero-order valence-electron chi connectivity index (χ0n) is 23.5. The minimum Gasteiger partial charge on any atom is -0.244 e. The normalized spacial score (nSPS) is 37.9. The molecule has 5 atom stereocenters. The Kier molecular flexibility index (Phi) is 8.07. The summed E-state index contributed by atoms with van der Waals surface area (Å²) < 4.78 is 2.31. The van der Waals surface area contributed by atoms with Crippen LogP contribution in [0.5, 0.6) is 0 Å². The minimum atomic E-state index is -0.0117. The SMILES string of the molecule is CCCC1C[N@@+](C)(CC)C2(N(C(C)(C)CC)CC(CCC)[N@@+]2(C)CC)N1C(C)(C)CC. The summed E-state index contributed by atoms with van der Waals surface area (Å²) in [6.07, 6.45) is 7.57. The van der Waals surface area contributed by atoms with Crippen molar-refractivity contribution in [3.63, 3.8) is 0 Å². The van der Waals surface area contributed by atoms with Crippen LogP contribution in [0.3, 0.4) is 0 Å². The molecule has 0 radical (unpaired) electrons. The van der Waals surface area contributed by atoms with Crippen LogP contribution < -0.4 is 0 Å². The van der Waals surface area contributed by atoms with Crippen LogP contribution in [0, 0.1) is 0 Å². The lowest BCUT2D eigenvalue weighted by molar-refractivity contribution is -1.17. The first-order valence-corrected chi connectivity index (χ1v) is 13.6. The van der Waals surface area contributed by atoms with Crippen molar-refractivity contribution in [3.05, 3.63) is 0 Å². The maximum Gasteiger partial charge on any atom is 0.357 e. The Bertz CT molecular complexity index is 602. The monoisotopic (exact) mass is 438 g/mol. The van der Waals surface area contributed by atoms with Crippen LogP contribution in [-0.4, -0.2) is 88.1 Å². The van der Waals surface area contributed by atoms with Gasteiger partial charge in [-0.2, -0.15) is 9.80 Å². The molecule has 2 saturated heterocycles. The highest BCUT2D eigenvalue weighted by Gasteiger charge is 2.81. The molecule has 1 spiro atoms. The smallest absolute Gasteiger partial charge is 0.244 e. The lowest BCUT2D eigenvalue weighted by atomic mass is 9.93. The molecule has 0 bridgehead atoms. The summed E-state index contributed by atoms with van der Waals surface area (Å²) in [6, 6.07) is 1.34. The van der Waals surface area contributed by atoms with Gasteiger partial charge in [0.25, 0.3) is 0 Å². The van der Waals surface area contributed by atoms with E-state index in [-0.39, 0.29) is 17.0 Å². The molecule has 2 heterocycles. The fourth-order valence-corrected chi connectivity index (χ4v) is 7.42. The molecule has 3 unspecified atom stereocenters. The molecule has 31 heavy (non-hydrogen) atoms. The minimum absolute atomic E-state index is 0.0117. The van der Waals surface area contributed by atoms with E-state index in [2.05, 4.69) is 93.1 Å². The molecule has 4 nitrogen and oxygen atoms in total. The maximum atomic E-state index is 3.09. The van der Waals surface area contributed by atoms with Gasteiger partial charge in [-0.3, -0.25) is 0 Å². The summed E-state index contributed by atoms with van der Waals surface area (Å²) in [7, 11) is 5.24. The largest absolute Gasteiger partial charge is 0.357 e. The van der Waals surface area contributed by atoms with Crippen molar-refractivity contribution in [1.82, 2.24) is 9.80 Å². The first-order chi connectivity index (χ1) is 14.3. The number of rotatable bonds is 10. The Morgan fingerprint density at radius 1 is 0.806 bits per heavy atom. The van der Waals surface area contributed by atoms with E-state index in [1.807, 2.05) is 0 Å². The molecular formula is C27H58N4+2. The Morgan fingerprint density at radius 2 is 1.35 bits per heavy atom. The standard InChI is InChI=1S/C27H58N4/c1-13-19-23-22-30(11,17-5)27(29(23)26(9,10)16-4)28(25(7,8)15-3)21-24(20-14-2)31(27,12)18-6/h23-24H,13-22H2,1-12H3/q+2/t23?,24?,27?,30-,31-/m1/s1. The van der Waals surface area contributed by atoms with Gasteiger partial charge in [0, 0.05) is 17.5 Å². The van der Waals surface area contributed by atoms with Gasteiger partial charge in [0.2, 0.25) is 0 Å². The van der Waals surface area contributed by atoms with Gasteiger partial charge in [0.05, 0.1) is 39.8 Å². The molecule has 2 aliphatic rings. The summed E-state index contributed by atoms with van der Waals surface area (Å²) in [5.41, 5.74) is 0.345. The zero-order valence-corrected chi connectivity index (χ0v) is 23.5. The second kappa shape index (κ2) is 9.24. The third kappa shape index (κ3) is 3.72. The molecule has 2 rings (SSSR count). The van der Waals surface area contributed by atoms with Crippen molar-refractivity contribution >= 4 is 0 Å². The predicted octanol–water partition coefficient (Wildman–Crippen LogP) is 5.88. The van der Waals surface area contributed by atoms with E-state index in [0.29, 0.717) is 12.1 Å². The molecule has 0 saturated carbocycles. The highest BCUT2D eigenvalue weighted by molar-refractivity contribution is 5.03. The van der Waals surface area contributed by atoms with Crippen molar-refractivity contribution in [2.24, 2.45) is 0 Å². The van der Waals surface area contributed by atoms with Crippen LogP contribution in [0.2, 0.25) is 0 Å². The van der Waals surface area contributed by atoms with Crippen LogP contribution >= 0.6 is 0 Å². The van der Waals surface area contributed by atoms with E-state index < -0.39 is 0 Å². The van der Waals surface area contributed by atoms with E-state index in [4.69, 9.17) is 0 Å². The first-order valence-electron chi connectivity index (χ1n) is 13.6. The van der Waals surface area contributed by atoms with Crippen molar-refractivity contribution in [2.75, 3.05) is 40.3 Å². The summed E-state index contributed by atoms with van der Waals surface area (Å²) in [4.78, 5) is 6.12. The predicted molar refractivity (Wildman–Crippen MR) is 136 cm³/mol. The number of quaternary nitrogens is 2. The average Bonchev–Trinajstić information content (AvgIpc) is 3.15. The molecule has 0 aromatic rings. The van der Waals surface area contributed by atoms with Crippen molar-refractivity contribution < 1.29 is 8.97 Å². The molecule has 184 valence electrons. The average molecular weight is 439 g/mol. The molecule has 2 aliphatic heterocycles. The van der Waals surface area contributed by atoms with Crippen LogP contribution in [0.15, 0.2) is 0 Å². The van der Waals surface area contributed by atoms with E-state index in [9.17, 15) is 0 Å². The van der Waals surface area contributed by atoms with Gasteiger partial charge in [0.1, 0.15) is 12.6 Å². The van der Waals surface area contributed by atoms with E-state index in [1.165, 1.54) is 64.7 Å². The molecule has 0 aliphatic carbocycles. The number of hydrogen-bond donors (Lipinski definition) is 0. The highest BCUT2D eigenvalue weighted by atomic mass is 15.9. The molecule has 0 aromatic heterocycles. The third-order valence-electron chi connectivity index (χ3n) is 9.98. The fraction of sp³-hybridized carbons (Fsp3) is 1.00. The number of likely N-dealkylation sites (N-methyl/N-ethyl adjacent to an activating group) is 2. The first kappa shape index (κ1) is 27.1. The van der Waals surface area contributed by atoms with Crippen LogP contribution in [0.4, 0.5) is 0 Å². The van der Waals surface area contributed by atoms with Crippen molar-refractivity contribution in [2.45, 2.75) is 137 Å². The molecule has 4 heteroatoms. The zero-order chi connectivity index (χ0) is 23.9. The quantitative estimate of drug-likeness (QED) is 0.393. The summed E-state index contributed by atoms with van der Waals surface area (Å²) in [6.45, 7) is 29.5. The van der Waals surface area contributed by atoms with Gasteiger partial charge in [-0.05, 0) is 60.8 Å².